The van der Waals surface area contributed by atoms with Crippen LogP contribution < -0.4 is 5.73 Å². The molecule has 0 amide bonds. The van der Waals surface area contributed by atoms with Crippen LogP contribution in [0.15, 0.2) is 23.8 Å². The highest BCUT2D eigenvalue weighted by atomic mass is 14.5. The van der Waals surface area contributed by atoms with Crippen molar-refractivity contribution in [1.29, 1.82) is 0 Å². The molecule has 8 heavy (non-hydrogen) atoms. The monoisotopic (exact) mass is 111 g/mol. The molecule has 0 aromatic heterocycles. The van der Waals surface area contributed by atoms with Gasteiger partial charge in [0.1, 0.15) is 0 Å². The molecule has 0 unspecified atom stereocenters. The van der Waals surface area contributed by atoms with Crippen molar-refractivity contribution in [3.8, 4) is 0 Å². The summed E-state index contributed by atoms with van der Waals surface area (Å²) < 4.78 is 0. The molecule has 0 aliphatic heterocycles. The van der Waals surface area contributed by atoms with E-state index in [1.807, 2.05) is 19.9 Å². The summed E-state index contributed by atoms with van der Waals surface area (Å²) >= 11 is 0. The lowest BCUT2D eigenvalue weighted by molar-refractivity contribution is 1.13. The molecule has 0 aliphatic carbocycles. The molecule has 1 nitrogen and oxygen atoms in total. The van der Waals surface area contributed by atoms with Gasteiger partial charge in [-0.1, -0.05) is 23.8 Å². The van der Waals surface area contributed by atoms with Crippen LogP contribution in [0.4, 0.5) is 0 Å². The Morgan fingerprint density at radius 2 is 2.12 bits per heavy atom. The van der Waals surface area contributed by atoms with Gasteiger partial charge in [0.2, 0.25) is 0 Å². The molecule has 0 saturated carbocycles. The van der Waals surface area contributed by atoms with Crippen LogP contribution in [0.5, 0.6) is 0 Å². The zero-order valence-electron chi connectivity index (χ0n) is 5.57. The molecular formula is C7H13N. The Bertz CT molecular complexity index is 112. The van der Waals surface area contributed by atoms with E-state index in [1.54, 1.807) is 0 Å². The van der Waals surface area contributed by atoms with E-state index in [9.17, 15) is 0 Å². The van der Waals surface area contributed by atoms with Crippen molar-refractivity contribution < 1.29 is 0 Å². The van der Waals surface area contributed by atoms with Gasteiger partial charge in [-0.3, -0.25) is 0 Å². The van der Waals surface area contributed by atoms with Crippen LogP contribution in [0.2, 0.25) is 0 Å². The molecule has 0 heterocycles. The number of allylic oxidation sites excluding steroid dienone is 2. The smallest absolute Gasteiger partial charge is 0.0137 e. The lowest BCUT2D eigenvalue weighted by Gasteiger charge is -1.91. The molecule has 0 aliphatic rings. The van der Waals surface area contributed by atoms with Gasteiger partial charge in [0, 0.05) is 6.54 Å². The van der Waals surface area contributed by atoms with Crippen LogP contribution in [0.3, 0.4) is 0 Å². The fourth-order valence-electron chi connectivity index (χ4n) is 0.480. The quantitative estimate of drug-likeness (QED) is 0.536. The minimum atomic E-state index is 0.632. The van der Waals surface area contributed by atoms with Gasteiger partial charge in [0.15, 0.2) is 0 Å². The minimum Gasteiger partial charge on any atom is -0.327 e. The van der Waals surface area contributed by atoms with Crippen LogP contribution in [-0.4, -0.2) is 6.54 Å². The third-order valence-electron chi connectivity index (χ3n) is 0.815. The normalized spacial score (nSPS) is 11.6. The van der Waals surface area contributed by atoms with Crippen LogP contribution in [0.25, 0.3) is 0 Å². The van der Waals surface area contributed by atoms with Crippen molar-refractivity contribution in [2.75, 3.05) is 6.54 Å². The van der Waals surface area contributed by atoms with E-state index in [0.29, 0.717) is 6.54 Å². The lowest BCUT2D eigenvalue weighted by Crippen LogP contribution is -1.99. The Labute approximate surface area is 50.9 Å². The molecule has 0 radical (unpaired) electrons. The van der Waals surface area contributed by atoms with Gasteiger partial charge < -0.3 is 5.73 Å². The molecule has 0 spiro atoms. The number of hydrogen-bond donors (Lipinski definition) is 1. The first kappa shape index (κ1) is 7.44. The van der Waals surface area contributed by atoms with Gasteiger partial charge in [-0.05, 0) is 13.8 Å². The summed E-state index contributed by atoms with van der Waals surface area (Å²) in [6, 6.07) is 0. The predicted octanol–water partition coefficient (Wildman–Crippen LogP) is 1.47. The highest BCUT2D eigenvalue weighted by Crippen LogP contribution is 1.95. The molecule has 0 bridgehead atoms. The average molecular weight is 111 g/mol. The third-order valence-corrected chi connectivity index (χ3v) is 0.815. The molecule has 46 valence electrons. The Kier molecular flexibility index (Phi) is 3.20. The van der Waals surface area contributed by atoms with Crippen LogP contribution in [0, 0.1) is 0 Å². The Morgan fingerprint density at radius 1 is 1.62 bits per heavy atom. The maximum Gasteiger partial charge on any atom is 0.0137 e. The van der Waals surface area contributed by atoms with Crippen molar-refractivity contribution in [2.24, 2.45) is 5.73 Å². The number of rotatable bonds is 2. The SMILES string of the molecule is C=C(C)/C=C(\C)CN. The first-order valence-electron chi connectivity index (χ1n) is 2.69. The second-order valence-corrected chi connectivity index (χ2v) is 2.04. The fraction of sp³-hybridized carbons (Fsp3) is 0.429. The van der Waals surface area contributed by atoms with E-state index >= 15 is 0 Å². The van der Waals surface area contributed by atoms with E-state index in [1.165, 1.54) is 5.57 Å². The Hall–Kier alpha value is -0.560. The number of nitrogens with two attached hydrogens (primary N) is 1. The Morgan fingerprint density at radius 3 is 2.25 bits per heavy atom. The van der Waals surface area contributed by atoms with Gasteiger partial charge in [0.25, 0.3) is 0 Å². The second-order valence-electron chi connectivity index (χ2n) is 2.04. The van der Waals surface area contributed by atoms with Crippen LogP contribution in [-0.2, 0) is 0 Å². The predicted molar refractivity (Wildman–Crippen MR) is 37.6 cm³/mol. The second kappa shape index (κ2) is 3.44. The third kappa shape index (κ3) is 3.62. The van der Waals surface area contributed by atoms with Gasteiger partial charge in [-0.15, -0.1) is 0 Å². The first-order chi connectivity index (χ1) is 3.66. The largest absolute Gasteiger partial charge is 0.327 e. The lowest BCUT2D eigenvalue weighted by atomic mass is 10.2. The van der Waals surface area contributed by atoms with Gasteiger partial charge in [-0.25, -0.2) is 0 Å². The zero-order valence-corrected chi connectivity index (χ0v) is 5.57. The van der Waals surface area contributed by atoms with E-state index in [2.05, 4.69) is 6.58 Å². The summed E-state index contributed by atoms with van der Waals surface area (Å²) in [6.07, 6.45) is 1.99. The minimum absolute atomic E-state index is 0.632. The van der Waals surface area contributed by atoms with E-state index in [-0.39, 0.29) is 0 Å². The standard InChI is InChI=1S/C7H13N/c1-6(2)4-7(3)5-8/h4H,1,5,8H2,2-3H3/b7-4+. The highest BCUT2D eigenvalue weighted by Gasteiger charge is 1.80. The van der Waals surface area contributed by atoms with Crippen molar-refractivity contribution in [1.82, 2.24) is 0 Å². The average Bonchev–Trinajstić information content (AvgIpc) is 1.65. The van der Waals surface area contributed by atoms with Gasteiger partial charge >= 0.3 is 0 Å². The maximum atomic E-state index is 5.31. The van der Waals surface area contributed by atoms with Crippen molar-refractivity contribution in [3.63, 3.8) is 0 Å². The summed E-state index contributed by atoms with van der Waals surface area (Å²) in [6.45, 7) is 8.30. The van der Waals surface area contributed by atoms with Crippen LogP contribution in [0.1, 0.15) is 13.8 Å². The fourth-order valence-corrected chi connectivity index (χ4v) is 0.480. The summed E-state index contributed by atoms with van der Waals surface area (Å²) in [4.78, 5) is 0. The van der Waals surface area contributed by atoms with Gasteiger partial charge in [-0.2, -0.15) is 0 Å². The molecule has 0 aromatic carbocycles. The molecule has 0 saturated heterocycles. The van der Waals surface area contributed by atoms with Crippen molar-refractivity contribution in [3.05, 3.63) is 23.8 Å². The molecule has 2 N–H and O–H groups in total. The molecular weight excluding hydrogens is 98.1 g/mol. The maximum absolute atomic E-state index is 5.31. The molecule has 0 aromatic rings. The number of hydrogen-bond acceptors (Lipinski definition) is 1. The van der Waals surface area contributed by atoms with E-state index in [4.69, 9.17) is 5.73 Å². The molecule has 0 atom stereocenters. The topological polar surface area (TPSA) is 26.0 Å². The van der Waals surface area contributed by atoms with Crippen molar-refractivity contribution in [2.45, 2.75) is 13.8 Å². The molecule has 0 rings (SSSR count). The zero-order chi connectivity index (χ0) is 6.57. The summed E-state index contributed by atoms with van der Waals surface area (Å²) in [5.41, 5.74) is 7.55. The Balaban J connectivity index is 3.75. The molecule has 1 heteroatoms. The summed E-state index contributed by atoms with van der Waals surface area (Å²) in [7, 11) is 0. The molecule has 0 fully saturated rings. The highest BCUT2D eigenvalue weighted by molar-refractivity contribution is 5.17. The first-order valence-corrected chi connectivity index (χ1v) is 2.69. The summed E-state index contributed by atoms with van der Waals surface area (Å²) in [5, 5.41) is 0. The summed E-state index contributed by atoms with van der Waals surface area (Å²) in [5.74, 6) is 0. The van der Waals surface area contributed by atoms with E-state index < -0.39 is 0 Å². The van der Waals surface area contributed by atoms with Gasteiger partial charge in [0.05, 0.1) is 0 Å². The van der Waals surface area contributed by atoms with E-state index in [0.717, 1.165) is 5.57 Å². The van der Waals surface area contributed by atoms with Crippen molar-refractivity contribution >= 4 is 0 Å². The van der Waals surface area contributed by atoms with Crippen LogP contribution >= 0.6 is 0 Å².